The lowest BCUT2D eigenvalue weighted by Gasteiger charge is -2.06. The van der Waals surface area contributed by atoms with Gasteiger partial charge in [-0.1, -0.05) is 11.3 Å². The van der Waals surface area contributed by atoms with Gasteiger partial charge >= 0.3 is 0 Å². The van der Waals surface area contributed by atoms with Crippen molar-refractivity contribution in [2.45, 2.75) is 13.8 Å². The first kappa shape index (κ1) is 16.4. The number of methoxy groups -OCH3 is 1. The van der Waals surface area contributed by atoms with Crippen LogP contribution in [0.1, 0.15) is 27.9 Å². The van der Waals surface area contributed by atoms with Crippen molar-refractivity contribution in [2.24, 2.45) is 5.10 Å². The molecule has 2 N–H and O–H groups in total. The zero-order valence-electron chi connectivity index (χ0n) is 12.2. The maximum atomic E-state index is 11.4. The highest BCUT2D eigenvalue weighted by Gasteiger charge is 2.11. The van der Waals surface area contributed by atoms with E-state index in [1.165, 1.54) is 31.6 Å². The first-order chi connectivity index (χ1) is 10.4. The number of anilines is 1. The molecule has 6 nitrogen and oxygen atoms in total. The number of phenols is 1. The number of aromatic nitrogens is 1. The van der Waals surface area contributed by atoms with Crippen molar-refractivity contribution in [1.82, 2.24) is 4.98 Å². The molecule has 0 saturated carbocycles. The van der Waals surface area contributed by atoms with Gasteiger partial charge in [0.05, 0.1) is 28.4 Å². The van der Waals surface area contributed by atoms with Crippen LogP contribution in [-0.4, -0.2) is 29.2 Å². The van der Waals surface area contributed by atoms with Gasteiger partial charge in [-0.25, -0.2) is 4.98 Å². The van der Waals surface area contributed by atoms with Crippen LogP contribution >= 0.6 is 27.3 Å². The number of nitrogens with one attached hydrogen (secondary N) is 1. The van der Waals surface area contributed by atoms with Crippen molar-refractivity contribution in [3.05, 3.63) is 32.7 Å². The maximum Gasteiger partial charge on any atom is 0.204 e. The van der Waals surface area contributed by atoms with Gasteiger partial charge in [0, 0.05) is 12.5 Å². The van der Waals surface area contributed by atoms with Crippen molar-refractivity contribution in [1.29, 1.82) is 0 Å². The summed E-state index contributed by atoms with van der Waals surface area (Å²) in [5.74, 6) is 0.365. The minimum atomic E-state index is -0.0187. The molecule has 0 atom stereocenters. The molecule has 0 aliphatic rings. The number of benzene rings is 1. The number of carbonyl (C=O) groups excluding carboxylic acids is 1. The van der Waals surface area contributed by atoms with E-state index in [0.29, 0.717) is 31.5 Å². The highest BCUT2D eigenvalue weighted by molar-refractivity contribution is 9.10. The monoisotopic (exact) mass is 383 g/mol. The Morgan fingerprint density at radius 1 is 1.55 bits per heavy atom. The number of hydrogen-bond donors (Lipinski definition) is 2. The normalized spacial score (nSPS) is 10.9. The zero-order valence-corrected chi connectivity index (χ0v) is 14.6. The Hall–Kier alpha value is -1.93. The van der Waals surface area contributed by atoms with Crippen molar-refractivity contribution in [3.8, 4) is 11.5 Å². The van der Waals surface area contributed by atoms with Gasteiger partial charge < -0.3 is 9.84 Å². The second-order valence-electron chi connectivity index (χ2n) is 4.38. The van der Waals surface area contributed by atoms with Crippen LogP contribution in [0.2, 0.25) is 0 Å². The van der Waals surface area contributed by atoms with Gasteiger partial charge in [-0.15, -0.1) is 0 Å². The van der Waals surface area contributed by atoms with Crippen LogP contribution in [0.5, 0.6) is 11.5 Å². The number of thiazole rings is 1. The van der Waals surface area contributed by atoms with Crippen LogP contribution < -0.4 is 10.2 Å². The minimum Gasteiger partial charge on any atom is -0.503 e. The fraction of sp³-hybridized carbons (Fsp3) is 0.214. The Morgan fingerprint density at radius 2 is 2.27 bits per heavy atom. The summed E-state index contributed by atoms with van der Waals surface area (Å²) in [6.07, 6.45) is 1.54. The number of hydrogen-bond acceptors (Lipinski definition) is 7. The average molecular weight is 384 g/mol. The van der Waals surface area contributed by atoms with Gasteiger partial charge in [-0.2, -0.15) is 5.10 Å². The van der Waals surface area contributed by atoms with E-state index >= 15 is 0 Å². The van der Waals surface area contributed by atoms with Crippen LogP contribution in [0.25, 0.3) is 0 Å². The molecular weight excluding hydrogens is 370 g/mol. The molecular formula is C14H14BrN3O3S. The zero-order chi connectivity index (χ0) is 16.3. The third-order valence-electron chi connectivity index (χ3n) is 2.81. The van der Waals surface area contributed by atoms with Crippen LogP contribution in [0, 0.1) is 6.92 Å². The van der Waals surface area contributed by atoms with Crippen molar-refractivity contribution < 1.29 is 14.6 Å². The SMILES string of the molecule is COc1ccc(/C=N/Nc2nc(C)c(C(C)=O)s2)c(Br)c1O. The molecule has 22 heavy (non-hydrogen) atoms. The van der Waals surface area contributed by atoms with E-state index in [9.17, 15) is 9.90 Å². The number of rotatable bonds is 5. The Kier molecular flexibility index (Phi) is 5.15. The molecule has 2 rings (SSSR count). The summed E-state index contributed by atoms with van der Waals surface area (Å²) in [7, 11) is 1.48. The number of hydrazone groups is 1. The number of aromatic hydroxyl groups is 1. The molecule has 0 spiro atoms. The van der Waals surface area contributed by atoms with Crippen molar-refractivity contribution >= 4 is 44.4 Å². The molecule has 1 aromatic heterocycles. The number of aryl methyl sites for hydroxylation is 1. The molecule has 0 radical (unpaired) electrons. The number of ketones is 1. The molecule has 8 heteroatoms. The molecule has 1 aromatic carbocycles. The van der Waals surface area contributed by atoms with E-state index in [-0.39, 0.29) is 11.5 Å². The highest BCUT2D eigenvalue weighted by atomic mass is 79.9. The fourth-order valence-electron chi connectivity index (χ4n) is 1.75. The number of ether oxygens (including phenoxy) is 1. The number of Topliss-reactive ketones (excluding diaryl/α,β-unsaturated/α-hetero) is 1. The van der Waals surface area contributed by atoms with Crippen LogP contribution in [-0.2, 0) is 0 Å². The number of phenolic OH excluding ortho intramolecular Hbond substituents is 1. The first-order valence-corrected chi connectivity index (χ1v) is 7.88. The standard InChI is InChI=1S/C14H14BrN3O3S/c1-7-13(8(2)19)22-14(17-7)18-16-6-9-4-5-10(21-3)12(20)11(9)15/h4-6,20H,1-3H3,(H,17,18)/b16-6+. The summed E-state index contributed by atoms with van der Waals surface area (Å²) >= 11 is 4.54. The van der Waals surface area contributed by atoms with E-state index < -0.39 is 0 Å². The summed E-state index contributed by atoms with van der Waals surface area (Å²) in [5.41, 5.74) is 4.13. The lowest BCUT2D eigenvalue weighted by molar-refractivity contribution is 0.102. The quantitative estimate of drug-likeness (QED) is 0.468. The molecule has 0 unspecified atom stereocenters. The number of halogens is 1. The molecule has 0 aliphatic carbocycles. The van der Waals surface area contributed by atoms with Gasteiger partial charge in [0.2, 0.25) is 5.13 Å². The van der Waals surface area contributed by atoms with E-state index in [0.717, 1.165) is 0 Å². The smallest absolute Gasteiger partial charge is 0.204 e. The molecule has 0 bridgehead atoms. The van der Waals surface area contributed by atoms with Crippen LogP contribution in [0.4, 0.5) is 5.13 Å². The Morgan fingerprint density at radius 3 is 2.86 bits per heavy atom. The van der Waals surface area contributed by atoms with E-state index in [1.807, 2.05) is 0 Å². The van der Waals surface area contributed by atoms with Gasteiger partial charge in [0.15, 0.2) is 17.3 Å². The predicted octanol–water partition coefficient (Wildman–Crippen LogP) is 3.58. The third kappa shape index (κ3) is 3.45. The summed E-state index contributed by atoms with van der Waals surface area (Å²) < 4.78 is 5.50. The first-order valence-electron chi connectivity index (χ1n) is 6.27. The fourth-order valence-corrected chi connectivity index (χ4v) is 3.00. The molecule has 0 fully saturated rings. The lowest BCUT2D eigenvalue weighted by atomic mass is 10.2. The topological polar surface area (TPSA) is 83.8 Å². The maximum absolute atomic E-state index is 11.4. The number of carbonyl (C=O) groups is 1. The van der Waals surface area contributed by atoms with Crippen molar-refractivity contribution in [3.63, 3.8) is 0 Å². The van der Waals surface area contributed by atoms with Crippen molar-refractivity contribution in [2.75, 3.05) is 12.5 Å². The second kappa shape index (κ2) is 6.89. The van der Waals surface area contributed by atoms with E-state index in [2.05, 4.69) is 31.4 Å². The molecule has 116 valence electrons. The Balaban J connectivity index is 2.15. The van der Waals surface area contributed by atoms with Gasteiger partial charge in [-0.3, -0.25) is 10.2 Å². The largest absolute Gasteiger partial charge is 0.503 e. The average Bonchev–Trinajstić information content (AvgIpc) is 2.85. The highest BCUT2D eigenvalue weighted by Crippen LogP contribution is 2.35. The predicted molar refractivity (Wildman–Crippen MR) is 90.4 cm³/mol. The minimum absolute atomic E-state index is 0.00964. The summed E-state index contributed by atoms with van der Waals surface area (Å²) in [6, 6.07) is 3.39. The van der Waals surface area contributed by atoms with Crippen LogP contribution in [0.3, 0.4) is 0 Å². The molecule has 1 heterocycles. The molecule has 0 saturated heterocycles. The Bertz CT molecular complexity index is 743. The summed E-state index contributed by atoms with van der Waals surface area (Å²) in [6.45, 7) is 3.28. The van der Waals surface area contributed by atoms with Gasteiger partial charge in [0.1, 0.15) is 0 Å². The van der Waals surface area contributed by atoms with E-state index in [1.54, 1.807) is 19.1 Å². The Labute approximate surface area is 140 Å². The van der Waals surface area contributed by atoms with Gasteiger partial charge in [-0.05, 0) is 35.0 Å². The summed E-state index contributed by atoms with van der Waals surface area (Å²) in [5, 5.41) is 14.5. The summed E-state index contributed by atoms with van der Waals surface area (Å²) in [4.78, 5) is 16.2. The molecule has 0 aliphatic heterocycles. The third-order valence-corrected chi connectivity index (χ3v) is 4.81. The van der Waals surface area contributed by atoms with E-state index in [4.69, 9.17) is 4.74 Å². The van der Waals surface area contributed by atoms with Crippen LogP contribution in [0.15, 0.2) is 21.7 Å². The number of nitrogens with zero attached hydrogens (tertiary/aromatic N) is 2. The second-order valence-corrected chi connectivity index (χ2v) is 6.17. The molecule has 0 amide bonds. The lowest BCUT2D eigenvalue weighted by Crippen LogP contribution is -1.92. The van der Waals surface area contributed by atoms with Gasteiger partial charge in [0.25, 0.3) is 0 Å². The molecule has 2 aromatic rings.